The van der Waals surface area contributed by atoms with Gasteiger partial charge >= 0.3 is 0 Å². The van der Waals surface area contributed by atoms with Gasteiger partial charge in [0, 0.05) is 141 Å². The first-order valence-electron chi connectivity index (χ1n) is 35.7. The second-order valence-corrected chi connectivity index (χ2v) is 23.3. The summed E-state index contributed by atoms with van der Waals surface area (Å²) in [7, 11) is 1.55. The molecule has 50 N–H and O–H groups in total. The van der Waals surface area contributed by atoms with Crippen LogP contribution in [0.2, 0.25) is 0 Å². The van der Waals surface area contributed by atoms with Gasteiger partial charge < -0.3 is 213 Å². The Bertz CT molecular complexity index is 1680. The van der Waals surface area contributed by atoms with Crippen molar-refractivity contribution < 1.29 is 90.1 Å². The van der Waals surface area contributed by atoms with Crippen molar-refractivity contribution in [2.45, 2.75) is 131 Å². The Kier molecular flexibility index (Phi) is 92.3. The highest BCUT2D eigenvalue weighted by molar-refractivity contribution is 5.17. The van der Waals surface area contributed by atoms with Crippen LogP contribution in [0.1, 0.15) is 56.8 Å². The quantitative estimate of drug-likeness (QED) is 0.0272. The molecule has 3 heterocycles. The Labute approximate surface area is 613 Å². The number of ether oxygens (including phenoxy) is 5. The molecule has 0 radical (unpaired) electrons. The number of hydrogen-bond acceptors (Lipinski definition) is 40. The van der Waals surface area contributed by atoms with Gasteiger partial charge in [-0.2, -0.15) is 0 Å². The van der Waals surface area contributed by atoms with Crippen molar-refractivity contribution in [2.75, 3.05) is 230 Å². The van der Waals surface area contributed by atoms with E-state index >= 15 is 0 Å². The van der Waals surface area contributed by atoms with E-state index in [0.29, 0.717) is 65.5 Å². The number of methoxy groups -OCH3 is 1. The number of nitrogens with one attached hydrogen (secondary N) is 7. The molecule has 4 unspecified atom stereocenters. The van der Waals surface area contributed by atoms with E-state index in [0.717, 1.165) is 103 Å². The lowest BCUT2D eigenvalue weighted by Crippen LogP contribution is -2.67. The van der Waals surface area contributed by atoms with Crippen LogP contribution in [0.25, 0.3) is 0 Å². The van der Waals surface area contributed by atoms with Crippen molar-refractivity contribution in [3.8, 4) is 0 Å². The Hall–Kier alpha value is -2.38. The van der Waals surface area contributed by atoms with Crippen LogP contribution in [0.4, 0.5) is 0 Å². The predicted octanol–water partition coefficient (Wildman–Crippen LogP) is -14.9. The maximum atomic E-state index is 9.32. The smallest absolute Gasteiger partial charge is 0.184 e. The number of rotatable bonds is 39. The summed E-state index contributed by atoms with van der Waals surface area (Å²) in [6.45, 7) is 16.0. The van der Waals surface area contributed by atoms with Crippen molar-refractivity contribution >= 4 is 0 Å². The molecule has 0 spiro atoms. The number of nitrogens with two attached hydrogens (primary N) is 15. The SMILES string of the molecule is CO[C@@H]1O[C@@H]2COC(c3ccccc3)O[C@H]2[C@H](N)[C@H]1N.NC1CCCCC1N.NCC(CN)(CO)CO.NCC(O)CN.NCCCN.NCCCNCCO.NCCNCCO.NCCNCCO.N[C@H]1[C@H](O)[C@@H](CO)OC(O)[C@@H]1N.OCCNCCCNCCO.OCCNCCNCCO. The molecule has 40 heteroatoms. The highest BCUT2D eigenvalue weighted by atomic mass is 16.7. The van der Waals surface area contributed by atoms with Crippen molar-refractivity contribution in [3.63, 3.8) is 0 Å². The summed E-state index contributed by atoms with van der Waals surface area (Å²) in [4.78, 5) is 0. The number of benzene rings is 1. The molecule has 4 aliphatic rings. The van der Waals surface area contributed by atoms with Crippen LogP contribution in [-0.2, 0) is 23.7 Å². The summed E-state index contributed by atoms with van der Waals surface area (Å²) in [6.07, 6.45) is 2.63. The molecule has 624 valence electrons. The first kappa shape index (κ1) is 112. The zero-order chi connectivity index (χ0) is 79.2. The van der Waals surface area contributed by atoms with E-state index in [9.17, 15) is 5.11 Å². The molecule has 0 amide bonds. The molecule has 1 aromatic carbocycles. The van der Waals surface area contributed by atoms with Gasteiger partial charge in [0.1, 0.15) is 18.3 Å². The lowest BCUT2D eigenvalue weighted by atomic mass is 9.91. The van der Waals surface area contributed by atoms with Gasteiger partial charge in [0.15, 0.2) is 18.9 Å². The summed E-state index contributed by atoms with van der Waals surface area (Å²) in [6, 6.07) is 7.95. The molecule has 1 aliphatic carbocycles. The molecular formula is C63H154N22O18. The van der Waals surface area contributed by atoms with E-state index < -0.39 is 67.3 Å². The van der Waals surface area contributed by atoms with Gasteiger partial charge in [0.25, 0.3) is 0 Å². The van der Waals surface area contributed by atoms with Gasteiger partial charge in [-0.15, -0.1) is 0 Å². The van der Waals surface area contributed by atoms with Crippen LogP contribution in [0, 0.1) is 5.41 Å². The lowest BCUT2D eigenvalue weighted by Gasteiger charge is -2.47. The second kappa shape index (κ2) is 85.2. The van der Waals surface area contributed by atoms with E-state index in [2.05, 4.69) is 37.2 Å². The monoisotopic (exact) mass is 1510 g/mol. The summed E-state index contributed by atoms with van der Waals surface area (Å²) in [5, 5.41) is 132. The molecule has 3 aliphatic heterocycles. The largest absolute Gasteiger partial charge is 0.396 e. The van der Waals surface area contributed by atoms with E-state index in [4.69, 9.17) is 171 Å². The van der Waals surface area contributed by atoms with Gasteiger partial charge in [-0.05, 0) is 71.4 Å². The van der Waals surface area contributed by atoms with Crippen molar-refractivity contribution in [1.29, 1.82) is 0 Å². The molecule has 40 nitrogen and oxygen atoms in total. The van der Waals surface area contributed by atoms with Gasteiger partial charge in [-0.3, -0.25) is 0 Å². The zero-order valence-corrected chi connectivity index (χ0v) is 62.0. The summed E-state index contributed by atoms with van der Waals surface area (Å²) >= 11 is 0. The summed E-state index contributed by atoms with van der Waals surface area (Å²) in [5.41, 5.74) is 80.6. The number of hydrogen-bond donors (Lipinski definition) is 35. The number of aliphatic hydroxyl groups excluding tert-OH is 13. The standard InChI is InChI=1S/C14H20N2O4.C7H18N2O2.C6H14N2O4.C6H16N2O2.C6H14N2.C5H14N2O2.C5H14N2O.2C4H12N2O.C3H10N2O.C3H10N2/c1-17-14-11(16)10(15)12-9(19-14)7-18-13(20-12)8-5-3-2-4-6-8;10-6-4-8-2-1-3-9-5-7-11;7-3-4(8)6(11)12-2(1-9)5(3)10;9-5-3-7-1-2-8-4-6-10;7-5-3-1-2-4-6(5)8;6-1-5(2-7,3-8)4-9;6-2-1-3-7-4-5-8;2*5-1-2-6-3-4-7;4-1-3(6)2-5;4-2-1-3-5/h2-6,9-14H,7,15-16H2,1H3;8-11H,1-7H2;2-6,9-11H,1,7-8H2;7-10H,1-6H2;5-6H,1-4,7-8H2;8-9H,1-4,6-7H2;7-8H,1-6H2;2*6-7H,1-5H2;3,6H,1-2,4-5H2;1-5H2/t9-,10-,11-,12-,13?,14-;;2-,3-,4-,5-,6?;;;;;;;;/m1.1......../s1. The van der Waals surface area contributed by atoms with Crippen molar-refractivity contribution in [3.05, 3.63) is 35.9 Å². The molecule has 103 heavy (non-hydrogen) atoms. The van der Waals surface area contributed by atoms with E-state index in [1.807, 2.05) is 30.3 Å². The minimum atomic E-state index is -1.22. The maximum Gasteiger partial charge on any atom is 0.184 e. The van der Waals surface area contributed by atoms with Crippen molar-refractivity contribution in [1.82, 2.24) is 37.2 Å². The fraction of sp³-hybridized carbons (Fsp3) is 0.905. The minimum Gasteiger partial charge on any atom is -0.396 e. The molecule has 0 bridgehead atoms. The minimum absolute atomic E-state index is 0.156. The average Bonchev–Trinajstić information content (AvgIpc) is 0.791. The van der Waals surface area contributed by atoms with Gasteiger partial charge in [0.05, 0.1) is 109 Å². The molecule has 5 rings (SSSR count). The first-order valence-corrected chi connectivity index (χ1v) is 35.7. The third-order valence-electron chi connectivity index (χ3n) is 14.6. The fourth-order valence-electron chi connectivity index (χ4n) is 8.00. The summed E-state index contributed by atoms with van der Waals surface area (Å²) < 4.78 is 27.4. The number of fused-ring (bicyclic) bond motifs is 1. The van der Waals surface area contributed by atoms with Gasteiger partial charge in [-0.1, -0.05) is 43.2 Å². The molecule has 1 aromatic rings. The van der Waals surface area contributed by atoms with Gasteiger partial charge in [-0.25, -0.2) is 0 Å². The van der Waals surface area contributed by atoms with Crippen LogP contribution in [-0.4, -0.2) is 376 Å². The zero-order valence-electron chi connectivity index (χ0n) is 62.0. The molecule has 3 saturated heterocycles. The Morgan fingerprint density at radius 2 is 0.864 bits per heavy atom. The van der Waals surface area contributed by atoms with Crippen LogP contribution in [0.15, 0.2) is 30.3 Å². The highest BCUT2D eigenvalue weighted by Crippen LogP contribution is 2.33. The third kappa shape index (κ3) is 66.3. The normalized spacial score (nSPS) is 23.0. The van der Waals surface area contributed by atoms with Crippen LogP contribution < -0.4 is 123 Å². The highest BCUT2D eigenvalue weighted by Gasteiger charge is 2.47. The average molecular weight is 1510 g/mol. The summed E-state index contributed by atoms with van der Waals surface area (Å²) in [5.74, 6) is 0. The predicted molar refractivity (Wildman–Crippen MR) is 404 cm³/mol. The van der Waals surface area contributed by atoms with Crippen LogP contribution in [0.5, 0.6) is 0 Å². The maximum absolute atomic E-state index is 9.32. The van der Waals surface area contributed by atoms with Gasteiger partial charge in [0.2, 0.25) is 0 Å². The Morgan fingerprint density at radius 1 is 0.466 bits per heavy atom. The Balaban J connectivity index is -0.000000258. The molecule has 0 aromatic heterocycles. The fourth-order valence-corrected chi connectivity index (χ4v) is 8.00. The topological polar surface area (TPSA) is 784 Å². The lowest BCUT2D eigenvalue weighted by molar-refractivity contribution is -0.321. The van der Waals surface area contributed by atoms with Crippen LogP contribution in [0.3, 0.4) is 0 Å². The molecular weight excluding hydrogens is 1350 g/mol. The second-order valence-electron chi connectivity index (χ2n) is 23.3. The van der Waals surface area contributed by atoms with Crippen molar-refractivity contribution in [2.24, 2.45) is 91.4 Å². The van der Waals surface area contributed by atoms with E-state index in [1.54, 1.807) is 7.11 Å². The molecule has 4 fully saturated rings. The molecule has 1 saturated carbocycles. The first-order chi connectivity index (χ1) is 49.6. The molecule has 13 atom stereocenters. The van der Waals surface area contributed by atoms with E-state index in [1.165, 1.54) is 12.8 Å². The Morgan fingerprint density at radius 3 is 1.17 bits per heavy atom. The third-order valence-corrected chi connectivity index (χ3v) is 14.6. The van der Waals surface area contributed by atoms with E-state index in [-0.39, 0.29) is 116 Å². The van der Waals surface area contributed by atoms with Crippen LogP contribution >= 0.6 is 0 Å². The number of aliphatic hydroxyl groups is 13.